The highest BCUT2D eigenvalue weighted by Gasteiger charge is 2.44. The van der Waals surface area contributed by atoms with Crippen molar-refractivity contribution in [1.82, 2.24) is 0 Å². The highest BCUT2D eigenvalue weighted by Crippen LogP contribution is 2.20. The summed E-state index contributed by atoms with van der Waals surface area (Å²) in [6.45, 7) is 2.23. The Bertz CT molecular complexity index is 427. The van der Waals surface area contributed by atoms with Gasteiger partial charge in [0.2, 0.25) is 0 Å². The van der Waals surface area contributed by atoms with Gasteiger partial charge in [0, 0.05) is 0 Å². The van der Waals surface area contributed by atoms with Gasteiger partial charge in [-0.25, -0.2) is 0 Å². The predicted octanol–water partition coefficient (Wildman–Crippen LogP) is 3.42. The summed E-state index contributed by atoms with van der Waals surface area (Å²) < 4.78 is 57.5. The van der Waals surface area contributed by atoms with Gasteiger partial charge in [0.25, 0.3) is 0 Å². The molecular formula is C11H15F3O3S. The lowest BCUT2D eigenvalue weighted by atomic mass is 10.1. The molecule has 0 aliphatic rings. The minimum absolute atomic E-state index is 1.23. The molecular weight excluding hydrogens is 269 g/mol. The van der Waals surface area contributed by atoms with E-state index in [4.69, 9.17) is 13.0 Å². The van der Waals surface area contributed by atoms with E-state index in [0.717, 1.165) is 0 Å². The smallest absolute Gasteiger partial charge is 0.279 e. The van der Waals surface area contributed by atoms with Crippen LogP contribution in [-0.2, 0) is 16.5 Å². The third-order valence-corrected chi connectivity index (χ3v) is 2.54. The molecule has 0 aliphatic heterocycles. The van der Waals surface area contributed by atoms with E-state index in [1.165, 1.54) is 24.8 Å². The van der Waals surface area contributed by atoms with Crippen molar-refractivity contribution in [2.75, 3.05) is 0 Å². The van der Waals surface area contributed by atoms with Crippen LogP contribution in [0.2, 0.25) is 0 Å². The molecule has 104 valence electrons. The summed E-state index contributed by atoms with van der Waals surface area (Å²) in [6, 6.07) is 10.6. The standard InChI is InChI=1S/C10H14.CHF3O3S/c1-2-3-7-10-8-5-4-6-9-10;2-1(3,4)8(5,6)7/h4-6,8-9H,2-3,7H2,1H3;(H,5,6,7). The Morgan fingerprint density at radius 3 is 1.94 bits per heavy atom. The largest absolute Gasteiger partial charge is 0.522 e. The fraction of sp³-hybridized carbons (Fsp3) is 0.455. The van der Waals surface area contributed by atoms with Crippen LogP contribution in [-0.4, -0.2) is 18.5 Å². The van der Waals surface area contributed by atoms with Crippen LogP contribution in [0.25, 0.3) is 0 Å². The fourth-order valence-corrected chi connectivity index (χ4v) is 1.03. The molecule has 0 spiro atoms. The zero-order valence-corrected chi connectivity index (χ0v) is 10.6. The molecule has 0 bridgehead atoms. The first-order valence-electron chi connectivity index (χ1n) is 5.26. The Labute approximate surface area is 104 Å². The Morgan fingerprint density at radius 2 is 1.61 bits per heavy atom. The number of hydrogen-bond acceptors (Lipinski definition) is 2. The van der Waals surface area contributed by atoms with Crippen LogP contribution in [0.4, 0.5) is 13.2 Å². The first kappa shape index (κ1) is 16.9. The van der Waals surface area contributed by atoms with E-state index in [-0.39, 0.29) is 0 Å². The third kappa shape index (κ3) is 7.29. The quantitative estimate of drug-likeness (QED) is 0.683. The van der Waals surface area contributed by atoms with Crippen molar-refractivity contribution in [2.24, 2.45) is 0 Å². The van der Waals surface area contributed by atoms with Gasteiger partial charge in [-0.2, -0.15) is 21.6 Å². The van der Waals surface area contributed by atoms with Crippen LogP contribution in [0.3, 0.4) is 0 Å². The van der Waals surface area contributed by atoms with Gasteiger partial charge < -0.3 is 0 Å². The number of rotatable bonds is 3. The molecule has 1 aromatic rings. The second-order valence-corrected chi connectivity index (χ2v) is 4.92. The lowest BCUT2D eigenvalue weighted by Gasteiger charge is -1.97. The van der Waals surface area contributed by atoms with Crippen molar-refractivity contribution in [3.8, 4) is 0 Å². The summed E-state index contributed by atoms with van der Waals surface area (Å²) >= 11 is 0. The van der Waals surface area contributed by atoms with Crippen LogP contribution in [0.15, 0.2) is 30.3 Å². The van der Waals surface area contributed by atoms with Crippen LogP contribution in [0.1, 0.15) is 25.3 Å². The summed E-state index contributed by atoms with van der Waals surface area (Å²) in [5.74, 6) is 0. The average Bonchev–Trinajstić information content (AvgIpc) is 2.26. The molecule has 0 aromatic heterocycles. The molecule has 0 aliphatic carbocycles. The predicted molar refractivity (Wildman–Crippen MR) is 62.7 cm³/mol. The topological polar surface area (TPSA) is 54.4 Å². The molecule has 0 unspecified atom stereocenters. The minimum Gasteiger partial charge on any atom is -0.279 e. The lowest BCUT2D eigenvalue weighted by molar-refractivity contribution is -0.0510. The first-order chi connectivity index (χ1) is 8.18. The van der Waals surface area contributed by atoms with Crippen molar-refractivity contribution in [3.05, 3.63) is 35.9 Å². The van der Waals surface area contributed by atoms with Gasteiger partial charge >= 0.3 is 15.6 Å². The zero-order valence-electron chi connectivity index (χ0n) is 9.81. The van der Waals surface area contributed by atoms with E-state index in [0.29, 0.717) is 0 Å². The molecule has 1 N–H and O–H groups in total. The summed E-state index contributed by atoms with van der Waals surface area (Å²) in [7, 11) is -5.84. The average molecular weight is 284 g/mol. The molecule has 0 atom stereocenters. The molecule has 0 heterocycles. The molecule has 0 saturated carbocycles. The number of hydrogen-bond donors (Lipinski definition) is 1. The number of unbranched alkanes of at least 4 members (excludes halogenated alkanes) is 1. The van der Waals surface area contributed by atoms with E-state index in [2.05, 4.69) is 37.3 Å². The van der Waals surface area contributed by atoms with E-state index >= 15 is 0 Å². The van der Waals surface area contributed by atoms with Gasteiger partial charge in [-0.3, -0.25) is 4.55 Å². The van der Waals surface area contributed by atoms with E-state index in [1.807, 2.05) is 0 Å². The molecule has 7 heteroatoms. The number of halogens is 3. The number of benzene rings is 1. The Kier molecular flexibility index (Phi) is 6.93. The maximum absolute atomic E-state index is 10.7. The Balaban J connectivity index is 0.000000331. The van der Waals surface area contributed by atoms with E-state index < -0.39 is 15.6 Å². The van der Waals surface area contributed by atoms with Gasteiger partial charge in [-0.05, 0) is 18.4 Å². The highest BCUT2D eigenvalue weighted by atomic mass is 32.2. The van der Waals surface area contributed by atoms with Crippen LogP contribution >= 0.6 is 0 Å². The van der Waals surface area contributed by atoms with Gasteiger partial charge in [-0.15, -0.1) is 0 Å². The maximum Gasteiger partial charge on any atom is 0.522 e. The summed E-state index contributed by atoms with van der Waals surface area (Å²) in [6.07, 6.45) is 3.83. The van der Waals surface area contributed by atoms with Crippen molar-refractivity contribution in [2.45, 2.75) is 31.7 Å². The molecule has 1 aromatic carbocycles. The second-order valence-electron chi connectivity index (χ2n) is 3.51. The molecule has 1 rings (SSSR count). The maximum atomic E-state index is 10.7. The number of alkyl halides is 3. The van der Waals surface area contributed by atoms with Crippen molar-refractivity contribution < 1.29 is 26.1 Å². The van der Waals surface area contributed by atoms with Gasteiger partial charge in [0.1, 0.15) is 0 Å². The Hall–Kier alpha value is -1.08. The van der Waals surface area contributed by atoms with E-state index in [1.54, 1.807) is 0 Å². The minimum atomic E-state index is -5.84. The van der Waals surface area contributed by atoms with Crippen molar-refractivity contribution >= 4 is 10.1 Å². The monoisotopic (exact) mass is 284 g/mol. The molecule has 0 fully saturated rings. The summed E-state index contributed by atoms with van der Waals surface area (Å²) in [5, 5.41) is 0. The normalized spacial score (nSPS) is 11.6. The number of aryl methyl sites for hydroxylation is 1. The zero-order chi connectivity index (χ0) is 14.2. The molecule has 0 radical (unpaired) electrons. The van der Waals surface area contributed by atoms with Crippen molar-refractivity contribution in [1.29, 1.82) is 0 Å². The van der Waals surface area contributed by atoms with Crippen LogP contribution in [0, 0.1) is 0 Å². The molecule has 0 amide bonds. The van der Waals surface area contributed by atoms with Gasteiger partial charge in [0.15, 0.2) is 0 Å². The highest BCUT2D eigenvalue weighted by molar-refractivity contribution is 7.86. The lowest BCUT2D eigenvalue weighted by Crippen LogP contribution is -2.21. The SMILES string of the molecule is CCCCc1ccccc1.O=S(=O)(O)C(F)(F)F. The molecule has 18 heavy (non-hydrogen) atoms. The van der Waals surface area contributed by atoms with Gasteiger partial charge in [-0.1, -0.05) is 43.7 Å². The van der Waals surface area contributed by atoms with E-state index in [9.17, 15) is 13.2 Å². The van der Waals surface area contributed by atoms with Crippen molar-refractivity contribution in [3.63, 3.8) is 0 Å². The first-order valence-corrected chi connectivity index (χ1v) is 6.70. The second kappa shape index (κ2) is 7.38. The van der Waals surface area contributed by atoms with Gasteiger partial charge in [0.05, 0.1) is 0 Å². The molecule has 0 saturated heterocycles. The van der Waals surface area contributed by atoms with Crippen LogP contribution in [0.5, 0.6) is 0 Å². The molecule has 3 nitrogen and oxygen atoms in total. The van der Waals surface area contributed by atoms with Crippen LogP contribution < -0.4 is 0 Å². The Morgan fingerprint density at radius 1 is 1.17 bits per heavy atom. The summed E-state index contributed by atoms with van der Waals surface area (Å²) in [5.41, 5.74) is -4.07. The fourth-order valence-electron chi connectivity index (χ4n) is 1.03. The third-order valence-electron chi connectivity index (χ3n) is 1.95. The summed E-state index contributed by atoms with van der Waals surface area (Å²) in [4.78, 5) is 0.